The Labute approximate surface area is 317 Å². The molecule has 11 heteroatoms. The maximum Gasteiger partial charge on any atom is 0.338 e. The van der Waals surface area contributed by atoms with E-state index in [2.05, 4.69) is 12.1 Å². The third kappa shape index (κ3) is 7.46. The summed E-state index contributed by atoms with van der Waals surface area (Å²) in [7, 11) is 4.66. The summed E-state index contributed by atoms with van der Waals surface area (Å²) in [5.41, 5.74) is 8.83. The average Bonchev–Trinajstić information content (AvgIpc) is 4.06. The molecular formula is C44H38O11. The Morgan fingerprint density at radius 3 is 1.51 bits per heavy atom. The molecule has 0 bridgehead atoms. The molecule has 280 valence electrons. The number of fused-ring (bicyclic) bond motifs is 3. The molecule has 0 amide bonds. The van der Waals surface area contributed by atoms with Gasteiger partial charge in [0.2, 0.25) is 12.5 Å². The van der Waals surface area contributed by atoms with Crippen molar-refractivity contribution in [3.05, 3.63) is 122 Å². The number of hydrogen-bond donors (Lipinski definition) is 0. The van der Waals surface area contributed by atoms with E-state index in [-0.39, 0.29) is 31.9 Å². The molecule has 0 radical (unpaired) electrons. The van der Waals surface area contributed by atoms with Crippen LogP contribution in [-0.4, -0.2) is 66.5 Å². The first-order valence-corrected chi connectivity index (χ1v) is 17.8. The lowest BCUT2D eigenvalue weighted by Crippen LogP contribution is -1.97. The van der Waals surface area contributed by atoms with E-state index in [0.29, 0.717) is 40.8 Å². The Bertz CT molecular complexity index is 2290. The zero-order valence-electron chi connectivity index (χ0n) is 30.6. The van der Waals surface area contributed by atoms with E-state index < -0.39 is 0 Å². The predicted molar refractivity (Wildman–Crippen MR) is 204 cm³/mol. The van der Waals surface area contributed by atoms with Gasteiger partial charge in [0.15, 0.2) is 23.0 Å². The smallest absolute Gasteiger partial charge is 0.338 e. The minimum atomic E-state index is -0.352. The van der Waals surface area contributed by atoms with Gasteiger partial charge in [-0.15, -0.1) is 0 Å². The number of hydrogen-bond acceptors (Lipinski definition) is 11. The number of rotatable bonds is 7. The first-order valence-electron chi connectivity index (χ1n) is 17.8. The van der Waals surface area contributed by atoms with E-state index in [1.54, 1.807) is 39.5 Å². The zero-order valence-corrected chi connectivity index (χ0v) is 30.6. The molecule has 0 unspecified atom stereocenters. The molecule has 0 aliphatic carbocycles. The fourth-order valence-electron chi connectivity index (χ4n) is 6.92. The van der Waals surface area contributed by atoms with Crippen LogP contribution >= 0.6 is 0 Å². The molecule has 0 atom stereocenters. The van der Waals surface area contributed by atoms with E-state index in [1.807, 2.05) is 60.7 Å². The van der Waals surface area contributed by atoms with Crippen LogP contribution in [0.2, 0.25) is 0 Å². The van der Waals surface area contributed by atoms with Gasteiger partial charge in [0.25, 0.3) is 0 Å². The lowest BCUT2D eigenvalue weighted by atomic mass is 10.0. The molecular weight excluding hydrogens is 704 g/mol. The van der Waals surface area contributed by atoms with Crippen molar-refractivity contribution < 1.29 is 52.2 Å². The largest absolute Gasteiger partial charge is 0.493 e. The molecule has 0 aromatic heterocycles. The minimum Gasteiger partial charge on any atom is -0.493 e. The van der Waals surface area contributed by atoms with Gasteiger partial charge in [-0.25, -0.2) is 9.59 Å². The lowest BCUT2D eigenvalue weighted by molar-refractivity contribution is -0.135. The first-order chi connectivity index (χ1) is 26.9. The van der Waals surface area contributed by atoms with Gasteiger partial charge in [0.05, 0.1) is 45.7 Å². The summed E-state index contributed by atoms with van der Waals surface area (Å²) in [6, 6.07) is 21.3. The van der Waals surface area contributed by atoms with Crippen molar-refractivity contribution in [2.75, 3.05) is 54.5 Å². The highest BCUT2D eigenvalue weighted by Gasteiger charge is 2.27. The van der Waals surface area contributed by atoms with Crippen LogP contribution in [0.5, 0.6) is 40.2 Å². The van der Waals surface area contributed by atoms with E-state index in [0.717, 1.165) is 70.1 Å². The van der Waals surface area contributed by atoms with Crippen molar-refractivity contribution in [1.29, 1.82) is 0 Å². The van der Waals surface area contributed by atoms with Crippen LogP contribution in [0.4, 0.5) is 0 Å². The van der Waals surface area contributed by atoms with Crippen molar-refractivity contribution in [3.8, 4) is 40.2 Å². The van der Waals surface area contributed by atoms with Crippen LogP contribution in [0, 0.1) is 0 Å². The van der Waals surface area contributed by atoms with E-state index in [4.69, 9.17) is 42.6 Å². The van der Waals surface area contributed by atoms with Crippen molar-refractivity contribution in [3.63, 3.8) is 0 Å². The summed E-state index contributed by atoms with van der Waals surface area (Å²) in [5.74, 6) is 4.17. The molecule has 0 spiro atoms. The van der Waals surface area contributed by atoms with Gasteiger partial charge in [-0.3, -0.25) is 0 Å². The van der Waals surface area contributed by atoms with E-state index in [1.165, 1.54) is 11.1 Å². The molecule has 0 N–H and O–H groups in total. The Hall–Kier alpha value is -6.62. The van der Waals surface area contributed by atoms with Crippen LogP contribution in [0.1, 0.15) is 33.4 Å². The summed E-state index contributed by atoms with van der Waals surface area (Å²) >= 11 is 0. The fourth-order valence-corrected chi connectivity index (χ4v) is 6.92. The third-order valence-electron chi connectivity index (χ3n) is 9.66. The van der Waals surface area contributed by atoms with E-state index >= 15 is 0 Å². The van der Waals surface area contributed by atoms with E-state index in [9.17, 15) is 9.59 Å². The summed E-state index contributed by atoms with van der Waals surface area (Å²) < 4.78 is 48.5. The third-order valence-corrected chi connectivity index (χ3v) is 9.66. The van der Waals surface area contributed by atoms with Gasteiger partial charge in [-0.1, -0.05) is 18.2 Å². The quantitative estimate of drug-likeness (QED) is 0.143. The molecule has 5 aliphatic rings. The van der Waals surface area contributed by atoms with Crippen LogP contribution in [-0.2, 0) is 31.9 Å². The van der Waals surface area contributed by atoms with Crippen molar-refractivity contribution in [2.45, 2.75) is 12.8 Å². The Balaban J connectivity index is 0.000000156. The summed E-state index contributed by atoms with van der Waals surface area (Å²) in [6.45, 7) is 2.19. The minimum absolute atomic E-state index is 0.227. The maximum atomic E-state index is 12.4. The highest BCUT2D eigenvalue weighted by Crippen LogP contribution is 2.40. The molecule has 4 aromatic carbocycles. The first kappa shape index (κ1) is 35.4. The number of carbonyl (C=O) groups is 2. The molecule has 2 fully saturated rings. The standard InChI is InChI=1S/C23H22O6.C21H16O5/c1-25-20-11-15(12-21(26-2)22(20)27-3)10-18-17(13-29-23(18)24)9-14-4-5-19-16(8-14)6-7-28-19;22-21-17(9-14-2-4-19-20(10-14)26-12-25-19)16(11-24-21)8-13-1-3-18-15(7-13)5-6-23-18/h4-5,8-12H,6-7,13H2,1-3H3;1-4,7-10H,5-6,11-12H2/b17-9-,18-10+;16-8-,17-9+. The molecule has 5 aliphatic heterocycles. The second kappa shape index (κ2) is 15.4. The Morgan fingerprint density at radius 1 is 0.491 bits per heavy atom. The SMILES string of the molecule is COc1cc(/C=C2/C(=O)OC/C2=C/c2ccc3c(c2)CCO3)cc(OC)c1OC.O=C1OCC(=C/c2ccc3c(c2)CCO3)/C1=C\c1ccc2c(c1)OCO2. The second-order valence-electron chi connectivity index (χ2n) is 13.1. The predicted octanol–water partition coefficient (Wildman–Crippen LogP) is 7.05. The number of benzene rings is 4. The van der Waals surface area contributed by atoms with Gasteiger partial charge in [0, 0.05) is 24.0 Å². The van der Waals surface area contributed by atoms with Crippen LogP contribution in [0.15, 0.2) is 89.0 Å². The molecule has 0 saturated carbocycles. The lowest BCUT2D eigenvalue weighted by Gasteiger charge is -2.13. The Morgan fingerprint density at radius 2 is 0.982 bits per heavy atom. The maximum absolute atomic E-state index is 12.4. The van der Waals surface area contributed by atoms with Crippen LogP contribution in [0.3, 0.4) is 0 Å². The number of ether oxygens (including phenoxy) is 9. The fraction of sp³-hybridized carbons (Fsp3) is 0.227. The molecule has 4 aromatic rings. The molecule has 2 saturated heterocycles. The molecule has 9 rings (SSSR count). The normalized spacial score (nSPS) is 19.0. The topological polar surface area (TPSA) is 117 Å². The number of esters is 2. The highest BCUT2D eigenvalue weighted by molar-refractivity contribution is 6.03. The Kier molecular flexibility index (Phi) is 9.91. The second-order valence-corrected chi connectivity index (χ2v) is 13.1. The average molecular weight is 743 g/mol. The number of methoxy groups -OCH3 is 3. The summed E-state index contributed by atoms with van der Waals surface area (Å²) in [5, 5.41) is 0. The highest BCUT2D eigenvalue weighted by atomic mass is 16.7. The van der Waals surface area contributed by atoms with Crippen molar-refractivity contribution in [2.24, 2.45) is 0 Å². The van der Waals surface area contributed by atoms with Crippen molar-refractivity contribution in [1.82, 2.24) is 0 Å². The zero-order chi connectivity index (χ0) is 37.9. The van der Waals surface area contributed by atoms with Gasteiger partial charge in [-0.05, 0) is 106 Å². The molecule has 5 heterocycles. The molecule has 11 nitrogen and oxygen atoms in total. The number of carbonyl (C=O) groups excluding carboxylic acids is 2. The summed E-state index contributed by atoms with van der Waals surface area (Å²) in [4.78, 5) is 24.6. The van der Waals surface area contributed by atoms with Gasteiger partial charge >= 0.3 is 11.9 Å². The monoisotopic (exact) mass is 742 g/mol. The van der Waals surface area contributed by atoms with Gasteiger partial charge < -0.3 is 42.6 Å². The number of cyclic esters (lactones) is 2. The van der Waals surface area contributed by atoms with Crippen LogP contribution < -0.4 is 33.2 Å². The molecule has 55 heavy (non-hydrogen) atoms. The van der Waals surface area contributed by atoms with Gasteiger partial charge in [0.1, 0.15) is 24.7 Å². The van der Waals surface area contributed by atoms with Crippen molar-refractivity contribution >= 4 is 36.2 Å². The van der Waals surface area contributed by atoms with Crippen LogP contribution in [0.25, 0.3) is 24.3 Å². The van der Waals surface area contributed by atoms with Gasteiger partial charge in [-0.2, -0.15) is 0 Å². The summed E-state index contributed by atoms with van der Waals surface area (Å²) in [6.07, 6.45) is 9.41.